The van der Waals surface area contributed by atoms with Gasteiger partial charge in [-0.25, -0.2) is 13.2 Å². The summed E-state index contributed by atoms with van der Waals surface area (Å²) in [5.41, 5.74) is 1.40. The molecule has 224 valence electrons. The molecule has 4 aromatic rings. The average Bonchev–Trinajstić information content (AvgIpc) is 3.75. The number of hydrogen-bond acceptors (Lipinski definition) is 6. The lowest BCUT2D eigenvalue weighted by Crippen LogP contribution is -2.35. The summed E-state index contributed by atoms with van der Waals surface area (Å²) in [4.78, 5) is 5.83. The van der Waals surface area contributed by atoms with Crippen molar-refractivity contribution in [2.24, 2.45) is 0 Å². The largest absolute Gasteiger partial charge is 0.292 e. The predicted molar refractivity (Wildman–Crippen MR) is 195 cm³/mol. The van der Waals surface area contributed by atoms with Gasteiger partial charge in [0.15, 0.2) is 0 Å². The third-order valence-electron chi connectivity index (χ3n) is 6.09. The maximum atomic E-state index is 15.9. The Morgan fingerprint density at radius 3 is 2.17 bits per heavy atom. The van der Waals surface area contributed by atoms with Crippen LogP contribution in [0.3, 0.4) is 0 Å². The lowest BCUT2D eigenvalue weighted by atomic mass is 9.95. The molecule has 0 spiro atoms. The van der Waals surface area contributed by atoms with Gasteiger partial charge in [-0.3, -0.25) is 0 Å². The predicted octanol–water partition coefficient (Wildman–Crippen LogP) is 12.6. The Morgan fingerprint density at radius 1 is 1.00 bits per heavy atom. The second-order valence-electron chi connectivity index (χ2n) is 9.20. The number of aryl methyl sites for hydroxylation is 2. The SMILES string of the molecule is C/C=C/C=C(/C=C(\S)c1cccs1)C1=C(c2cc(-c3cccs3)sc2C)CC(F)(F)C1(F)P.CCS.Cc1cccs1. The molecule has 1 aliphatic rings. The number of allylic oxidation sites excluding steroid dienone is 7. The summed E-state index contributed by atoms with van der Waals surface area (Å²) in [6.07, 6.45) is 6.23. The highest BCUT2D eigenvalue weighted by Crippen LogP contribution is 2.59. The van der Waals surface area contributed by atoms with Crippen molar-refractivity contribution in [2.45, 2.75) is 45.4 Å². The second kappa shape index (κ2) is 16.1. The average molecular weight is 699 g/mol. The van der Waals surface area contributed by atoms with Crippen LogP contribution in [-0.2, 0) is 0 Å². The zero-order chi connectivity index (χ0) is 30.9. The Balaban J connectivity index is 0.000000464. The summed E-state index contributed by atoms with van der Waals surface area (Å²) in [5.74, 6) is -2.61. The number of rotatable bonds is 6. The normalized spacial score (nSPS) is 18.6. The molecule has 0 saturated carbocycles. The van der Waals surface area contributed by atoms with Crippen LogP contribution >= 0.6 is 79.8 Å². The first-order chi connectivity index (χ1) is 20.0. The Kier molecular flexibility index (Phi) is 13.5. The highest BCUT2D eigenvalue weighted by Gasteiger charge is 2.60. The van der Waals surface area contributed by atoms with E-state index < -0.39 is 17.8 Å². The molecule has 10 heteroatoms. The maximum absolute atomic E-state index is 15.9. The van der Waals surface area contributed by atoms with Crippen LogP contribution in [-0.4, -0.2) is 17.1 Å². The second-order valence-corrected chi connectivity index (χ2v) is 15.4. The van der Waals surface area contributed by atoms with E-state index in [1.54, 1.807) is 67.6 Å². The van der Waals surface area contributed by atoms with Crippen molar-refractivity contribution in [1.29, 1.82) is 0 Å². The first-order valence-electron chi connectivity index (χ1n) is 13.1. The third kappa shape index (κ3) is 8.65. The van der Waals surface area contributed by atoms with E-state index in [0.717, 1.165) is 25.3 Å². The van der Waals surface area contributed by atoms with Gasteiger partial charge in [-0.2, -0.15) is 12.6 Å². The molecule has 0 aromatic carbocycles. The smallest absolute Gasteiger partial charge is 0.228 e. The van der Waals surface area contributed by atoms with Crippen LogP contribution in [0.4, 0.5) is 13.2 Å². The molecular weight excluding hydrogens is 665 g/mol. The maximum Gasteiger partial charge on any atom is 0.292 e. The van der Waals surface area contributed by atoms with Gasteiger partial charge in [0.2, 0.25) is 5.41 Å². The van der Waals surface area contributed by atoms with Gasteiger partial charge >= 0.3 is 0 Å². The zero-order valence-corrected chi connectivity index (χ0v) is 29.9. The number of halogens is 3. The monoisotopic (exact) mass is 698 g/mol. The van der Waals surface area contributed by atoms with Crippen molar-refractivity contribution in [3.8, 4) is 9.75 Å². The van der Waals surface area contributed by atoms with Crippen LogP contribution in [0.25, 0.3) is 20.2 Å². The van der Waals surface area contributed by atoms with Gasteiger partial charge in [-0.1, -0.05) is 52.6 Å². The number of alkyl halides is 3. The van der Waals surface area contributed by atoms with Crippen molar-refractivity contribution in [3.63, 3.8) is 0 Å². The molecule has 0 bridgehead atoms. The standard InChI is InChI=1S/C25H22F3PS4.C5H6S.C2H6S/c1-3-4-7-16(12-19(30)20-8-5-10-31-20)23-18(14-24(26,27)25(23,28)29)17-13-22(33-15(17)2)21-9-6-11-32-21;1-5-3-2-4-6-5;1-2-3/h3-13,30H,14,29H2,1-2H3;2-4H,1H3;3H,2H2,1H3/b4-3+,16-7-,19-12-;;. The van der Waals surface area contributed by atoms with Gasteiger partial charge in [0.05, 0.1) is 0 Å². The molecule has 42 heavy (non-hydrogen) atoms. The van der Waals surface area contributed by atoms with Gasteiger partial charge in [0.1, 0.15) is 0 Å². The highest BCUT2D eigenvalue weighted by atomic mass is 32.1. The third-order valence-corrected chi connectivity index (χ3v) is 11.1. The molecule has 2 atom stereocenters. The lowest BCUT2D eigenvalue weighted by Gasteiger charge is -2.26. The number of thiol groups is 2. The Hall–Kier alpha value is -1.32. The molecule has 2 unspecified atom stereocenters. The highest BCUT2D eigenvalue weighted by molar-refractivity contribution is 7.90. The van der Waals surface area contributed by atoms with E-state index in [1.807, 2.05) is 61.9 Å². The molecule has 0 nitrogen and oxygen atoms in total. The van der Waals surface area contributed by atoms with Gasteiger partial charge in [0, 0.05) is 41.3 Å². The minimum Gasteiger partial charge on any atom is -0.228 e. The Morgan fingerprint density at radius 2 is 1.64 bits per heavy atom. The van der Waals surface area contributed by atoms with Crippen LogP contribution in [0.2, 0.25) is 0 Å². The quantitative estimate of drug-likeness (QED) is 0.112. The van der Waals surface area contributed by atoms with Gasteiger partial charge in [-0.15, -0.1) is 58.0 Å². The van der Waals surface area contributed by atoms with Crippen molar-refractivity contribution in [3.05, 3.63) is 114 Å². The van der Waals surface area contributed by atoms with Crippen molar-refractivity contribution < 1.29 is 13.2 Å². The van der Waals surface area contributed by atoms with E-state index in [0.29, 0.717) is 21.6 Å². The van der Waals surface area contributed by atoms with E-state index in [4.69, 9.17) is 0 Å². The Labute approximate surface area is 276 Å². The van der Waals surface area contributed by atoms with Gasteiger partial charge < -0.3 is 0 Å². The number of thiophene rings is 4. The molecule has 4 aromatic heterocycles. The number of hydrogen-bond donors (Lipinski definition) is 2. The minimum atomic E-state index is -3.55. The summed E-state index contributed by atoms with van der Waals surface area (Å²) in [7, 11) is 1.79. The molecule has 0 amide bonds. The van der Waals surface area contributed by atoms with Crippen LogP contribution in [0.5, 0.6) is 0 Å². The van der Waals surface area contributed by atoms with E-state index >= 15 is 13.2 Å². The first-order valence-corrected chi connectivity index (χ1v) is 18.2. The van der Waals surface area contributed by atoms with E-state index in [9.17, 15) is 0 Å². The summed E-state index contributed by atoms with van der Waals surface area (Å²) in [6.45, 7) is 7.83. The van der Waals surface area contributed by atoms with Crippen molar-refractivity contribution in [2.75, 3.05) is 5.75 Å². The fourth-order valence-corrected chi connectivity index (χ4v) is 8.04. The van der Waals surface area contributed by atoms with Crippen LogP contribution in [0.15, 0.2) is 94.1 Å². The zero-order valence-electron chi connectivity index (χ0n) is 23.7. The molecule has 0 aliphatic heterocycles. The molecule has 0 N–H and O–H groups in total. The molecule has 1 aliphatic carbocycles. The molecule has 0 radical (unpaired) electrons. The van der Waals surface area contributed by atoms with Crippen LogP contribution in [0.1, 0.15) is 40.5 Å². The van der Waals surface area contributed by atoms with Gasteiger partial charge in [-0.05, 0) is 89.7 Å². The molecule has 0 saturated heterocycles. The first kappa shape index (κ1) is 35.2. The summed E-state index contributed by atoms with van der Waals surface area (Å²) < 4.78 is 46.1. The topological polar surface area (TPSA) is 0 Å². The van der Waals surface area contributed by atoms with Crippen molar-refractivity contribution >= 4 is 90.3 Å². The summed E-state index contributed by atoms with van der Waals surface area (Å²) >= 11 is 14.8. The lowest BCUT2D eigenvalue weighted by molar-refractivity contribution is -0.0595. The summed E-state index contributed by atoms with van der Waals surface area (Å²) in [6, 6.07) is 13.8. The van der Waals surface area contributed by atoms with Crippen molar-refractivity contribution in [1.82, 2.24) is 0 Å². The van der Waals surface area contributed by atoms with E-state index in [2.05, 4.69) is 49.7 Å². The fourth-order valence-electron chi connectivity index (χ4n) is 4.18. The summed E-state index contributed by atoms with van der Waals surface area (Å²) in [5, 5.41) is 3.08. The molecule has 5 rings (SSSR count). The molecular formula is C32H34F3PS6. The fraction of sp³-hybridized carbons (Fsp3) is 0.250. The van der Waals surface area contributed by atoms with E-state index in [-0.39, 0.29) is 5.57 Å². The molecule has 0 fully saturated rings. The van der Waals surface area contributed by atoms with E-state index in [1.165, 1.54) is 16.2 Å². The Bertz CT molecular complexity index is 1520. The molecule has 4 heterocycles. The van der Waals surface area contributed by atoms with Crippen LogP contribution in [0, 0.1) is 13.8 Å². The van der Waals surface area contributed by atoms with Gasteiger partial charge in [0.25, 0.3) is 5.92 Å². The minimum absolute atomic E-state index is 0.00247. The van der Waals surface area contributed by atoms with Crippen LogP contribution < -0.4 is 0 Å².